The SMILES string of the molecule is C[C@@H]1NC(=O)N([C@H]2CC(n3cnc4c(NCC(c5ccccc5)c5ccccc5)nc(N5CC[C@@H](NC(=O)Nc6cccnc6)C5)nc43)[C@H](O)[C@@H]2O)C1=O. The number of fused-ring (bicyclic) bond motifs is 1. The van der Waals surface area contributed by atoms with Gasteiger partial charge in [0.25, 0.3) is 5.91 Å². The van der Waals surface area contributed by atoms with Gasteiger partial charge in [-0.2, -0.15) is 9.97 Å². The topological polar surface area (TPSA) is 203 Å². The molecule has 5 amide bonds. The first-order valence-electron chi connectivity index (χ1n) is 18.1. The van der Waals surface area contributed by atoms with Crippen LogP contribution in [0.15, 0.2) is 91.5 Å². The van der Waals surface area contributed by atoms with Crippen LogP contribution in [0.25, 0.3) is 11.2 Å². The molecular formula is C38H41N11O5. The molecule has 5 aromatic rings. The lowest BCUT2D eigenvalue weighted by Crippen LogP contribution is -2.47. The van der Waals surface area contributed by atoms with Crippen molar-refractivity contribution in [3.05, 3.63) is 103 Å². The maximum absolute atomic E-state index is 12.9. The highest BCUT2D eigenvalue weighted by molar-refractivity contribution is 6.04. The number of rotatable bonds is 10. The fourth-order valence-corrected chi connectivity index (χ4v) is 7.72. The summed E-state index contributed by atoms with van der Waals surface area (Å²) in [5, 5.41) is 34.5. The summed E-state index contributed by atoms with van der Waals surface area (Å²) in [6, 6.07) is 20.3. The lowest BCUT2D eigenvalue weighted by atomic mass is 9.91. The zero-order valence-corrected chi connectivity index (χ0v) is 29.5. The minimum atomic E-state index is -1.38. The third kappa shape index (κ3) is 6.76. The normalized spacial score (nSPS) is 24.0. The molecule has 1 unspecified atom stereocenters. The molecule has 3 fully saturated rings. The zero-order valence-electron chi connectivity index (χ0n) is 29.5. The molecule has 3 aromatic heterocycles. The van der Waals surface area contributed by atoms with Gasteiger partial charge in [0.1, 0.15) is 18.2 Å². The van der Waals surface area contributed by atoms with Crippen molar-refractivity contribution in [1.82, 2.24) is 40.0 Å². The average molecular weight is 732 g/mol. The first-order valence-corrected chi connectivity index (χ1v) is 18.1. The highest BCUT2D eigenvalue weighted by Gasteiger charge is 2.51. The van der Waals surface area contributed by atoms with Crippen molar-refractivity contribution in [3.63, 3.8) is 0 Å². The number of imidazole rings is 1. The number of hydrogen-bond donors (Lipinski definition) is 6. The third-order valence-electron chi connectivity index (χ3n) is 10.5. The number of urea groups is 2. The minimum absolute atomic E-state index is 0.0271. The minimum Gasteiger partial charge on any atom is -0.388 e. The van der Waals surface area contributed by atoms with Gasteiger partial charge in [0.15, 0.2) is 17.0 Å². The number of aliphatic hydroxyl groups excluding tert-OH is 2. The number of anilines is 3. The molecule has 1 saturated carbocycles. The molecule has 0 radical (unpaired) electrons. The lowest BCUT2D eigenvalue weighted by Gasteiger charge is -2.24. The van der Waals surface area contributed by atoms with Crippen molar-refractivity contribution < 1.29 is 24.6 Å². The number of hydrogen-bond acceptors (Lipinski definition) is 11. The maximum atomic E-state index is 12.9. The number of pyridine rings is 1. The quantitative estimate of drug-likeness (QED) is 0.115. The summed E-state index contributed by atoms with van der Waals surface area (Å²) in [4.78, 5) is 60.1. The monoisotopic (exact) mass is 731 g/mol. The number of carbonyl (C=O) groups is 3. The lowest BCUT2D eigenvalue weighted by molar-refractivity contribution is -0.130. The van der Waals surface area contributed by atoms with E-state index >= 15 is 0 Å². The molecule has 5 heterocycles. The van der Waals surface area contributed by atoms with E-state index in [0.29, 0.717) is 54.7 Å². The van der Waals surface area contributed by atoms with E-state index in [0.717, 1.165) is 16.0 Å². The van der Waals surface area contributed by atoms with E-state index in [1.54, 1.807) is 42.3 Å². The van der Waals surface area contributed by atoms with Gasteiger partial charge in [0.05, 0.1) is 30.3 Å². The van der Waals surface area contributed by atoms with Gasteiger partial charge in [0.2, 0.25) is 5.95 Å². The van der Waals surface area contributed by atoms with Crippen molar-refractivity contribution in [2.45, 2.75) is 62.1 Å². The third-order valence-corrected chi connectivity index (χ3v) is 10.5. The molecule has 2 saturated heterocycles. The van der Waals surface area contributed by atoms with E-state index in [4.69, 9.17) is 15.0 Å². The molecule has 2 aliphatic heterocycles. The fraction of sp³-hybridized carbons (Fsp3) is 0.342. The van der Waals surface area contributed by atoms with Crippen LogP contribution < -0.4 is 26.2 Å². The molecule has 8 rings (SSSR count). The van der Waals surface area contributed by atoms with Gasteiger partial charge >= 0.3 is 12.1 Å². The summed E-state index contributed by atoms with van der Waals surface area (Å²) < 4.78 is 1.69. The Bertz CT molecular complexity index is 2100. The van der Waals surface area contributed by atoms with Crippen molar-refractivity contribution in [3.8, 4) is 0 Å². The number of nitrogens with one attached hydrogen (secondary N) is 4. The van der Waals surface area contributed by atoms with Gasteiger partial charge in [0, 0.05) is 37.8 Å². The Balaban J connectivity index is 1.11. The van der Waals surface area contributed by atoms with E-state index in [9.17, 15) is 24.6 Å². The molecule has 16 nitrogen and oxygen atoms in total. The first kappa shape index (κ1) is 34.9. The van der Waals surface area contributed by atoms with Crippen molar-refractivity contribution in [1.29, 1.82) is 0 Å². The average Bonchev–Trinajstić information content (AvgIpc) is 3.95. The molecule has 278 valence electrons. The summed E-state index contributed by atoms with van der Waals surface area (Å²) in [6.45, 7) is 3.05. The summed E-state index contributed by atoms with van der Waals surface area (Å²) in [7, 11) is 0. The summed E-state index contributed by atoms with van der Waals surface area (Å²) in [6.07, 6.45) is 2.79. The largest absolute Gasteiger partial charge is 0.388 e. The molecule has 6 N–H and O–H groups in total. The second kappa shape index (κ2) is 14.7. The van der Waals surface area contributed by atoms with Crippen molar-refractivity contribution in [2.75, 3.05) is 35.2 Å². The van der Waals surface area contributed by atoms with Gasteiger partial charge in [-0.15, -0.1) is 0 Å². The highest BCUT2D eigenvalue weighted by Crippen LogP contribution is 2.38. The number of amides is 5. The number of benzene rings is 2. The van der Waals surface area contributed by atoms with Gasteiger partial charge in [-0.3, -0.25) is 14.7 Å². The van der Waals surface area contributed by atoms with Gasteiger partial charge in [-0.25, -0.2) is 14.6 Å². The van der Waals surface area contributed by atoms with Crippen LogP contribution in [-0.2, 0) is 4.79 Å². The Morgan fingerprint density at radius 3 is 2.35 bits per heavy atom. The molecule has 0 spiro atoms. The number of aromatic nitrogens is 5. The van der Waals surface area contributed by atoms with Gasteiger partial charge in [-0.05, 0) is 43.0 Å². The predicted octanol–water partition coefficient (Wildman–Crippen LogP) is 2.84. The Labute approximate surface area is 310 Å². The highest BCUT2D eigenvalue weighted by atomic mass is 16.3. The second-order valence-electron chi connectivity index (χ2n) is 14.0. The number of imide groups is 1. The van der Waals surface area contributed by atoms with E-state index in [1.807, 2.05) is 41.3 Å². The number of aliphatic hydroxyl groups is 2. The van der Waals surface area contributed by atoms with Crippen LogP contribution in [0.5, 0.6) is 0 Å². The van der Waals surface area contributed by atoms with E-state index < -0.39 is 42.3 Å². The molecule has 2 aromatic carbocycles. The Morgan fingerprint density at radius 1 is 0.963 bits per heavy atom. The second-order valence-corrected chi connectivity index (χ2v) is 14.0. The molecule has 16 heteroatoms. The van der Waals surface area contributed by atoms with Gasteiger partial charge in [-0.1, -0.05) is 60.7 Å². The fourth-order valence-electron chi connectivity index (χ4n) is 7.72. The van der Waals surface area contributed by atoms with E-state index in [-0.39, 0.29) is 24.4 Å². The van der Waals surface area contributed by atoms with Crippen LogP contribution in [0.3, 0.4) is 0 Å². The first-order chi connectivity index (χ1) is 26.2. The molecule has 1 aliphatic carbocycles. The van der Waals surface area contributed by atoms with Crippen LogP contribution in [0.4, 0.5) is 27.0 Å². The molecule has 54 heavy (non-hydrogen) atoms. The van der Waals surface area contributed by atoms with Crippen LogP contribution in [-0.4, -0.2) is 108 Å². The van der Waals surface area contributed by atoms with E-state index in [2.05, 4.69) is 50.5 Å². The van der Waals surface area contributed by atoms with Gasteiger partial charge < -0.3 is 40.9 Å². The molecular weight excluding hydrogens is 690 g/mol. The molecule has 0 bridgehead atoms. The van der Waals surface area contributed by atoms with Crippen LogP contribution in [0.2, 0.25) is 0 Å². The number of carbonyl (C=O) groups excluding carboxylic acids is 3. The standard InChI is InChI=1S/C38H41N11O5/c1-22-35(52)49(38(54)42-22)29-17-28(31(50)32(29)51)48-21-41-30-33(40-19-27(23-9-4-2-5-10-23)24-11-6-3-7-12-24)45-36(46-34(30)48)47-16-14-26(20-47)44-37(53)43-25-13-8-15-39-18-25/h2-13,15,18,21-22,26-29,31-32,50-51H,14,16-17,19-20H2,1H3,(H,42,54)(H,40,45,46)(H2,43,44,53)/t22-,26+,28?,29-,31-,32+/m0/s1. The summed E-state index contributed by atoms with van der Waals surface area (Å²) >= 11 is 0. The van der Waals surface area contributed by atoms with Crippen molar-refractivity contribution in [2.24, 2.45) is 0 Å². The smallest absolute Gasteiger partial charge is 0.325 e. The molecule has 3 aliphatic rings. The Hall–Kier alpha value is -6.13. The van der Waals surface area contributed by atoms with Crippen LogP contribution in [0.1, 0.15) is 42.9 Å². The Kier molecular flexibility index (Phi) is 9.52. The van der Waals surface area contributed by atoms with E-state index in [1.165, 1.54) is 0 Å². The van der Waals surface area contributed by atoms with Crippen LogP contribution >= 0.6 is 0 Å². The van der Waals surface area contributed by atoms with Crippen LogP contribution in [0, 0.1) is 0 Å². The summed E-state index contributed by atoms with van der Waals surface area (Å²) in [5.41, 5.74) is 3.68. The zero-order chi connectivity index (χ0) is 37.3. The maximum Gasteiger partial charge on any atom is 0.325 e. The Morgan fingerprint density at radius 2 is 1.69 bits per heavy atom. The van der Waals surface area contributed by atoms with Crippen molar-refractivity contribution >= 4 is 46.6 Å². The summed E-state index contributed by atoms with van der Waals surface area (Å²) in [5.74, 6) is 0.387. The number of nitrogens with zero attached hydrogens (tertiary/aromatic N) is 7. The predicted molar refractivity (Wildman–Crippen MR) is 200 cm³/mol. The molecule has 6 atom stereocenters.